The van der Waals surface area contributed by atoms with Crippen LogP contribution in [-0.2, 0) is 53.7 Å². The number of aromatic hydroxyl groups is 1. The smallest absolute Gasteiger partial charge is 0.262 e. The van der Waals surface area contributed by atoms with E-state index in [1.807, 2.05) is 49.1 Å². The maximum atomic E-state index is 15.5. The van der Waals surface area contributed by atoms with Crippen molar-refractivity contribution in [1.82, 2.24) is 19.3 Å². The number of halogens is 1. The third kappa shape index (κ3) is 9.74. The van der Waals surface area contributed by atoms with Crippen molar-refractivity contribution in [2.75, 3.05) is 57.4 Å². The Bertz CT molecular complexity index is 2950. The fourth-order valence-electron chi connectivity index (χ4n) is 10.2. The van der Waals surface area contributed by atoms with E-state index < -0.39 is 5.82 Å². The maximum Gasteiger partial charge on any atom is 0.262 e. The maximum absolute atomic E-state index is 15.5. The van der Waals surface area contributed by atoms with Gasteiger partial charge in [-0.1, -0.05) is 48.9 Å². The second-order valence-corrected chi connectivity index (χ2v) is 19.0. The van der Waals surface area contributed by atoms with E-state index in [4.69, 9.17) is 15.2 Å². The van der Waals surface area contributed by atoms with Crippen molar-refractivity contribution >= 4 is 34.7 Å². The largest absolute Gasteiger partial charge is 0.508 e. The van der Waals surface area contributed by atoms with Gasteiger partial charge >= 0.3 is 0 Å². The Morgan fingerprint density at radius 2 is 1.69 bits per heavy atom. The van der Waals surface area contributed by atoms with E-state index in [1.54, 1.807) is 51.7 Å². The van der Waals surface area contributed by atoms with Crippen LogP contribution in [0, 0.1) is 30.0 Å². The van der Waals surface area contributed by atoms with Crippen LogP contribution >= 0.6 is 0 Å². The Labute approximate surface area is 408 Å². The normalized spacial score (nSPS) is 18.2. The molecule has 0 bridgehead atoms. The van der Waals surface area contributed by atoms with Crippen LogP contribution < -0.4 is 15.4 Å². The fraction of sp³-hybridized carbons (Fsp3) is 0.357. The number of hydrogen-bond donors (Lipinski definition) is 2. The standard InChI is InChI=1S/C56H60FN7O6/c1-35-23-42(26-49(36(35)2)56(68)64(44-10-12-47(65)13-11-44)53-29-45(31-58)60(4)37(53)3)50-25-39-15-16-62(54(66)28-40-9-14-48(30-52(40)57)70-22-19-61-17-20-69-21-18-61)33-43(39)27-51(50)55(67)63-34-41-8-6-5-7-38(41)24-46(63)32-59/h5-14,25-27,29-30,35,46,65H,15-24,28,32-34,59H2,1-4H3/t35-,46-/m0/s1. The molecule has 362 valence electrons. The first-order chi connectivity index (χ1) is 33.8. The summed E-state index contributed by atoms with van der Waals surface area (Å²) in [6.07, 6.45) is 3.46. The van der Waals surface area contributed by atoms with Gasteiger partial charge < -0.3 is 34.7 Å². The van der Waals surface area contributed by atoms with Crippen LogP contribution in [0.2, 0.25) is 0 Å². The number of carbonyl (C=O) groups excluding carboxylic acids is 3. The molecule has 4 aliphatic rings. The van der Waals surface area contributed by atoms with E-state index in [0.29, 0.717) is 98.4 Å². The highest BCUT2D eigenvalue weighted by Gasteiger charge is 2.35. The molecule has 2 atom stereocenters. The topological polar surface area (TPSA) is 158 Å². The summed E-state index contributed by atoms with van der Waals surface area (Å²) in [6, 6.07) is 26.8. The lowest BCUT2D eigenvalue weighted by atomic mass is 9.79. The number of ether oxygens (including phenoxy) is 2. The lowest BCUT2D eigenvalue weighted by molar-refractivity contribution is -0.131. The molecule has 4 heterocycles. The highest BCUT2D eigenvalue weighted by Crippen LogP contribution is 2.42. The van der Waals surface area contributed by atoms with Gasteiger partial charge in [-0.3, -0.25) is 24.2 Å². The Kier molecular flexibility index (Phi) is 14.1. The molecule has 1 fully saturated rings. The van der Waals surface area contributed by atoms with Crippen molar-refractivity contribution in [2.45, 2.75) is 65.6 Å². The molecule has 3 N–H and O–H groups in total. The molecular formula is C56H60FN7O6. The third-order valence-corrected chi connectivity index (χ3v) is 14.7. The predicted octanol–water partition coefficient (Wildman–Crippen LogP) is 7.52. The minimum Gasteiger partial charge on any atom is -0.508 e. The summed E-state index contributed by atoms with van der Waals surface area (Å²) in [5.74, 6) is -0.858. The van der Waals surface area contributed by atoms with Crippen LogP contribution in [0.4, 0.5) is 15.8 Å². The Morgan fingerprint density at radius 3 is 2.40 bits per heavy atom. The lowest BCUT2D eigenvalue weighted by Crippen LogP contribution is -2.48. The van der Waals surface area contributed by atoms with Crippen molar-refractivity contribution in [3.63, 3.8) is 0 Å². The van der Waals surface area contributed by atoms with Crippen LogP contribution in [0.5, 0.6) is 11.5 Å². The molecule has 14 heteroatoms. The average molecular weight is 946 g/mol. The number of amides is 3. The second kappa shape index (κ2) is 20.5. The van der Waals surface area contributed by atoms with Gasteiger partial charge in [0, 0.05) is 87.5 Å². The Hall–Kier alpha value is -7.05. The molecule has 3 aliphatic heterocycles. The number of fused-ring (bicyclic) bond motifs is 2. The Balaban J connectivity index is 1.04. The molecule has 0 spiro atoms. The van der Waals surface area contributed by atoms with E-state index in [9.17, 15) is 15.2 Å². The van der Waals surface area contributed by atoms with Crippen molar-refractivity contribution < 1.29 is 33.4 Å². The van der Waals surface area contributed by atoms with E-state index >= 15 is 14.0 Å². The molecule has 3 amide bonds. The summed E-state index contributed by atoms with van der Waals surface area (Å²) in [6.45, 7) is 11.4. The number of hydrogen-bond acceptors (Lipinski definition) is 9. The summed E-state index contributed by atoms with van der Waals surface area (Å²) in [5.41, 5.74) is 16.2. The van der Waals surface area contributed by atoms with Crippen molar-refractivity contribution in [2.24, 2.45) is 18.7 Å². The minimum absolute atomic E-state index is 0.0501. The zero-order valence-electron chi connectivity index (χ0n) is 40.3. The number of phenols is 1. The minimum atomic E-state index is -0.501. The molecule has 4 aromatic carbocycles. The zero-order chi connectivity index (χ0) is 49.2. The number of morpholine rings is 1. The number of nitrogens with zero attached hydrogens (tertiary/aromatic N) is 6. The van der Waals surface area contributed by atoms with E-state index in [0.717, 1.165) is 52.1 Å². The van der Waals surface area contributed by atoms with Gasteiger partial charge in [0.05, 0.1) is 25.3 Å². The zero-order valence-corrected chi connectivity index (χ0v) is 40.3. The summed E-state index contributed by atoms with van der Waals surface area (Å²) in [7, 11) is 1.78. The van der Waals surface area contributed by atoms with Crippen molar-refractivity contribution in [3.05, 3.63) is 158 Å². The monoisotopic (exact) mass is 945 g/mol. The lowest BCUT2D eigenvalue weighted by Gasteiger charge is -2.38. The predicted molar refractivity (Wildman–Crippen MR) is 266 cm³/mol. The number of phenolic OH excluding ortho intramolecular Hbond substituents is 1. The molecule has 1 aromatic heterocycles. The quantitative estimate of drug-likeness (QED) is 0.129. The molecule has 13 nitrogen and oxygen atoms in total. The number of benzene rings is 4. The van der Waals surface area contributed by atoms with E-state index in [-0.39, 0.29) is 60.5 Å². The van der Waals surface area contributed by atoms with Crippen LogP contribution in [0.1, 0.15) is 75.4 Å². The summed E-state index contributed by atoms with van der Waals surface area (Å²) in [5, 5.41) is 20.2. The van der Waals surface area contributed by atoms with Gasteiger partial charge in [0.15, 0.2) is 0 Å². The fourth-order valence-corrected chi connectivity index (χ4v) is 10.2. The van der Waals surface area contributed by atoms with Crippen molar-refractivity contribution in [3.8, 4) is 17.6 Å². The average Bonchev–Trinajstić information content (AvgIpc) is 3.66. The number of allylic oxidation sites excluding steroid dienone is 2. The molecule has 0 radical (unpaired) electrons. The van der Waals surface area contributed by atoms with Gasteiger partial charge in [0.1, 0.15) is 35.7 Å². The van der Waals surface area contributed by atoms with Crippen molar-refractivity contribution in [1.29, 1.82) is 5.26 Å². The first-order valence-corrected chi connectivity index (χ1v) is 24.2. The molecule has 1 saturated heterocycles. The van der Waals surface area contributed by atoms with Crippen LogP contribution in [0.3, 0.4) is 0 Å². The number of anilines is 2. The van der Waals surface area contributed by atoms with Crippen LogP contribution in [0.15, 0.2) is 102 Å². The first kappa shape index (κ1) is 48.0. The highest BCUT2D eigenvalue weighted by molar-refractivity contribution is 6.14. The summed E-state index contributed by atoms with van der Waals surface area (Å²) in [4.78, 5) is 52.0. The van der Waals surface area contributed by atoms with Gasteiger partial charge in [-0.25, -0.2) is 4.39 Å². The van der Waals surface area contributed by atoms with Gasteiger partial charge in [0.2, 0.25) is 5.91 Å². The SMILES string of the molecule is CC1=C(C(=O)N(c2ccc(O)cc2)c2cc(C#N)n(C)c2C)C=C(c2cc3c(cc2C(=O)N2Cc4ccccc4C[C@H]2CN)CN(C(=O)Cc2ccc(OCCN4CCOCC4)cc2F)CC3)C[C@@H]1C. The Morgan fingerprint density at radius 1 is 0.929 bits per heavy atom. The third-order valence-electron chi connectivity index (χ3n) is 14.7. The second-order valence-electron chi connectivity index (χ2n) is 19.0. The van der Waals surface area contributed by atoms with Gasteiger partial charge in [-0.15, -0.1) is 0 Å². The number of carbonyl (C=O) groups is 3. The number of rotatable bonds is 12. The molecular weight excluding hydrogens is 886 g/mol. The van der Waals surface area contributed by atoms with Crippen LogP contribution in [-0.4, -0.2) is 101 Å². The summed E-state index contributed by atoms with van der Waals surface area (Å²) < 4.78 is 28.5. The highest BCUT2D eigenvalue weighted by atomic mass is 19.1. The number of nitrogens with two attached hydrogens (primary N) is 1. The number of nitriles is 1. The molecule has 1 aliphatic carbocycles. The molecule has 0 saturated carbocycles. The first-order valence-electron chi connectivity index (χ1n) is 24.2. The summed E-state index contributed by atoms with van der Waals surface area (Å²) >= 11 is 0. The molecule has 0 unspecified atom stereocenters. The molecule has 70 heavy (non-hydrogen) atoms. The van der Waals surface area contributed by atoms with Gasteiger partial charge in [-0.2, -0.15) is 5.26 Å². The number of aromatic nitrogens is 1. The van der Waals surface area contributed by atoms with Crippen LogP contribution in [0.25, 0.3) is 5.57 Å². The van der Waals surface area contributed by atoms with E-state index in [2.05, 4.69) is 30.0 Å². The molecule has 5 aromatic rings. The van der Waals surface area contributed by atoms with Gasteiger partial charge in [0.25, 0.3) is 11.8 Å². The van der Waals surface area contributed by atoms with Gasteiger partial charge in [-0.05, 0) is 127 Å². The molecule has 9 rings (SSSR count). The van der Waals surface area contributed by atoms with E-state index in [1.165, 1.54) is 18.2 Å².